The minimum Gasteiger partial charge on any atom is -0.812 e. The Balaban J connectivity index is 2.19. The van der Waals surface area contributed by atoms with Crippen molar-refractivity contribution in [3.8, 4) is 0 Å². The maximum Gasteiger partial charge on any atom is 0.249 e. The van der Waals surface area contributed by atoms with E-state index in [1.54, 1.807) is 0 Å². The SMILES string of the molecule is O=C1COC2([O-])CCCCCN12. The van der Waals surface area contributed by atoms with E-state index in [1.165, 1.54) is 4.90 Å². The molecule has 4 heteroatoms. The fourth-order valence-electron chi connectivity index (χ4n) is 1.82. The number of rotatable bonds is 0. The summed E-state index contributed by atoms with van der Waals surface area (Å²) in [5, 5.41) is 11.8. The Kier molecular flexibility index (Phi) is 1.81. The van der Waals surface area contributed by atoms with Gasteiger partial charge in [0, 0.05) is 6.54 Å². The zero-order chi connectivity index (χ0) is 8.60. The molecule has 0 radical (unpaired) electrons. The van der Waals surface area contributed by atoms with E-state index in [1.807, 2.05) is 0 Å². The van der Waals surface area contributed by atoms with Gasteiger partial charge in [-0.05, 0) is 12.8 Å². The van der Waals surface area contributed by atoms with Crippen LogP contribution in [-0.2, 0) is 9.53 Å². The Morgan fingerprint density at radius 2 is 2.25 bits per heavy atom. The van der Waals surface area contributed by atoms with Crippen LogP contribution in [0.1, 0.15) is 25.7 Å². The van der Waals surface area contributed by atoms with Gasteiger partial charge in [0.05, 0.1) is 5.91 Å². The molecule has 0 saturated carbocycles. The van der Waals surface area contributed by atoms with Crippen molar-refractivity contribution in [3.63, 3.8) is 0 Å². The molecule has 4 nitrogen and oxygen atoms in total. The first kappa shape index (κ1) is 8.01. The van der Waals surface area contributed by atoms with Gasteiger partial charge in [-0.25, -0.2) is 0 Å². The fourth-order valence-corrected chi connectivity index (χ4v) is 1.82. The van der Waals surface area contributed by atoms with Crippen molar-refractivity contribution in [2.45, 2.75) is 31.6 Å². The quantitative estimate of drug-likeness (QED) is 0.489. The molecule has 0 bridgehead atoms. The van der Waals surface area contributed by atoms with Crippen LogP contribution in [0.3, 0.4) is 0 Å². The van der Waals surface area contributed by atoms with Crippen LogP contribution in [0.5, 0.6) is 0 Å². The second kappa shape index (κ2) is 2.71. The third-order valence-electron chi connectivity index (χ3n) is 2.51. The molecule has 2 saturated heterocycles. The van der Waals surface area contributed by atoms with Gasteiger partial charge in [-0.2, -0.15) is 0 Å². The Bertz CT molecular complexity index is 206. The average molecular weight is 170 g/mol. The van der Waals surface area contributed by atoms with Crippen LogP contribution in [0.4, 0.5) is 0 Å². The van der Waals surface area contributed by atoms with Crippen LogP contribution < -0.4 is 5.11 Å². The van der Waals surface area contributed by atoms with Gasteiger partial charge in [0.1, 0.15) is 6.61 Å². The summed E-state index contributed by atoms with van der Waals surface area (Å²) in [4.78, 5) is 12.5. The average Bonchev–Trinajstić information content (AvgIpc) is 2.24. The maximum absolute atomic E-state index is 11.8. The van der Waals surface area contributed by atoms with Crippen LogP contribution >= 0.6 is 0 Å². The number of carbonyl (C=O) groups excluding carboxylic acids is 1. The molecule has 0 aliphatic carbocycles. The van der Waals surface area contributed by atoms with Gasteiger partial charge in [0.2, 0.25) is 5.91 Å². The van der Waals surface area contributed by atoms with Crippen LogP contribution in [-0.4, -0.2) is 29.9 Å². The molecule has 2 aliphatic heterocycles. The molecule has 2 rings (SSSR count). The van der Waals surface area contributed by atoms with Crippen molar-refractivity contribution in [3.05, 3.63) is 0 Å². The minimum atomic E-state index is -1.52. The molecule has 1 atom stereocenters. The molecule has 0 aromatic rings. The number of hydrogen-bond donors (Lipinski definition) is 0. The van der Waals surface area contributed by atoms with E-state index < -0.39 is 5.91 Å². The van der Waals surface area contributed by atoms with Crippen molar-refractivity contribution in [2.24, 2.45) is 0 Å². The van der Waals surface area contributed by atoms with Gasteiger partial charge < -0.3 is 14.7 Å². The topological polar surface area (TPSA) is 52.6 Å². The van der Waals surface area contributed by atoms with Gasteiger partial charge in [-0.3, -0.25) is 4.79 Å². The Morgan fingerprint density at radius 1 is 1.42 bits per heavy atom. The van der Waals surface area contributed by atoms with Gasteiger partial charge in [-0.15, -0.1) is 0 Å². The molecule has 0 spiro atoms. The van der Waals surface area contributed by atoms with Crippen LogP contribution in [0, 0.1) is 0 Å². The predicted octanol–water partition coefficient (Wildman–Crippen LogP) is -0.567. The summed E-state index contributed by atoms with van der Waals surface area (Å²) in [5.74, 6) is -1.67. The molecule has 1 unspecified atom stereocenters. The van der Waals surface area contributed by atoms with Gasteiger partial charge in [0.15, 0.2) is 0 Å². The zero-order valence-corrected chi connectivity index (χ0v) is 6.91. The molecular formula is C8H12NO3-. The van der Waals surface area contributed by atoms with Gasteiger partial charge in [-0.1, -0.05) is 12.8 Å². The molecule has 68 valence electrons. The van der Waals surface area contributed by atoms with Crippen molar-refractivity contribution < 1.29 is 14.6 Å². The van der Waals surface area contributed by atoms with E-state index in [-0.39, 0.29) is 12.5 Å². The number of ether oxygens (including phenoxy) is 1. The lowest BCUT2D eigenvalue weighted by atomic mass is 10.2. The lowest BCUT2D eigenvalue weighted by Crippen LogP contribution is -2.56. The number of hydrogen-bond acceptors (Lipinski definition) is 3. The molecule has 2 aliphatic rings. The van der Waals surface area contributed by atoms with Crippen LogP contribution in [0.2, 0.25) is 0 Å². The third kappa shape index (κ3) is 1.11. The molecular weight excluding hydrogens is 158 g/mol. The summed E-state index contributed by atoms with van der Waals surface area (Å²) in [6.45, 7) is 0.547. The van der Waals surface area contributed by atoms with Gasteiger partial charge in [0.25, 0.3) is 0 Å². The largest absolute Gasteiger partial charge is 0.812 e. The van der Waals surface area contributed by atoms with E-state index in [4.69, 9.17) is 4.74 Å². The lowest BCUT2D eigenvalue weighted by Gasteiger charge is -2.41. The number of amides is 1. The maximum atomic E-state index is 11.8. The third-order valence-corrected chi connectivity index (χ3v) is 2.51. The number of fused-ring (bicyclic) bond motifs is 1. The Hall–Kier alpha value is -0.610. The first-order valence-corrected chi connectivity index (χ1v) is 4.37. The minimum absolute atomic E-state index is 0.0243. The smallest absolute Gasteiger partial charge is 0.249 e. The van der Waals surface area contributed by atoms with E-state index >= 15 is 0 Å². The summed E-state index contributed by atoms with van der Waals surface area (Å²) >= 11 is 0. The summed E-state index contributed by atoms with van der Waals surface area (Å²) in [6, 6.07) is 0. The van der Waals surface area contributed by atoms with Crippen molar-refractivity contribution in [2.75, 3.05) is 13.2 Å². The van der Waals surface area contributed by atoms with E-state index in [9.17, 15) is 9.90 Å². The highest BCUT2D eigenvalue weighted by Crippen LogP contribution is 2.27. The molecule has 12 heavy (non-hydrogen) atoms. The summed E-state index contributed by atoms with van der Waals surface area (Å²) < 4.78 is 4.96. The first-order chi connectivity index (χ1) is 5.72. The standard InChI is InChI=1S/C8H12NO3/c10-7-6-12-8(11)4-2-1-3-5-9(7)8/h1-6H2/q-1. The fraction of sp³-hybridized carbons (Fsp3) is 0.875. The first-order valence-electron chi connectivity index (χ1n) is 4.37. The van der Waals surface area contributed by atoms with Crippen molar-refractivity contribution in [1.29, 1.82) is 0 Å². The van der Waals surface area contributed by atoms with Crippen molar-refractivity contribution in [1.82, 2.24) is 4.90 Å². The summed E-state index contributed by atoms with van der Waals surface area (Å²) in [5.41, 5.74) is 0. The molecule has 0 aromatic carbocycles. The molecule has 0 aromatic heterocycles. The zero-order valence-electron chi connectivity index (χ0n) is 6.91. The van der Waals surface area contributed by atoms with Crippen molar-refractivity contribution >= 4 is 5.91 Å². The number of carbonyl (C=O) groups is 1. The molecule has 0 N–H and O–H groups in total. The predicted molar refractivity (Wildman–Crippen MR) is 38.9 cm³/mol. The monoisotopic (exact) mass is 170 g/mol. The highest BCUT2D eigenvalue weighted by atomic mass is 16.7. The Morgan fingerprint density at radius 3 is 3.08 bits per heavy atom. The van der Waals surface area contributed by atoms with Gasteiger partial charge >= 0.3 is 0 Å². The molecule has 2 heterocycles. The van der Waals surface area contributed by atoms with E-state index in [0.29, 0.717) is 13.0 Å². The van der Waals surface area contributed by atoms with E-state index in [2.05, 4.69) is 0 Å². The normalized spacial score (nSPS) is 36.4. The summed E-state index contributed by atoms with van der Waals surface area (Å²) in [6.07, 6.45) is 3.27. The van der Waals surface area contributed by atoms with E-state index in [0.717, 1.165) is 19.3 Å². The highest BCUT2D eigenvalue weighted by molar-refractivity contribution is 5.79. The van der Waals surface area contributed by atoms with Crippen LogP contribution in [0.15, 0.2) is 0 Å². The lowest BCUT2D eigenvalue weighted by molar-refractivity contribution is -0.580. The molecule has 2 fully saturated rings. The Labute approximate surface area is 71.1 Å². The van der Waals surface area contributed by atoms with Crippen LogP contribution in [0.25, 0.3) is 0 Å². The second-order valence-electron chi connectivity index (χ2n) is 3.36. The molecule has 1 amide bonds. The highest BCUT2D eigenvalue weighted by Gasteiger charge is 2.37. The summed E-state index contributed by atoms with van der Waals surface area (Å²) in [7, 11) is 0. The second-order valence-corrected chi connectivity index (χ2v) is 3.36. The number of nitrogens with zero attached hydrogens (tertiary/aromatic N) is 1.